The van der Waals surface area contributed by atoms with Gasteiger partial charge in [-0.15, -0.1) is 11.8 Å². The molecule has 0 saturated carbocycles. The predicted octanol–water partition coefficient (Wildman–Crippen LogP) is 3.68. The summed E-state index contributed by atoms with van der Waals surface area (Å²) < 4.78 is 10.8. The molecule has 0 saturated heterocycles. The maximum Gasteiger partial charge on any atom is 0.233 e. The number of carbonyl (C=O) groups excluding carboxylic acids is 1. The lowest BCUT2D eigenvalue weighted by Crippen LogP contribution is -2.34. The number of amides is 1. The van der Waals surface area contributed by atoms with Gasteiger partial charge in [0.2, 0.25) is 5.91 Å². The summed E-state index contributed by atoms with van der Waals surface area (Å²) in [6.45, 7) is 4.84. The van der Waals surface area contributed by atoms with Crippen molar-refractivity contribution >= 4 is 17.7 Å². The van der Waals surface area contributed by atoms with Crippen molar-refractivity contribution in [2.45, 2.75) is 24.0 Å². The van der Waals surface area contributed by atoms with E-state index >= 15 is 0 Å². The normalized spacial score (nSPS) is 11.6. The topological polar surface area (TPSA) is 47.6 Å². The molecule has 4 nitrogen and oxygen atoms in total. The molecule has 0 aliphatic rings. The van der Waals surface area contributed by atoms with E-state index in [1.54, 1.807) is 7.11 Å². The van der Waals surface area contributed by atoms with Crippen LogP contribution in [0, 0.1) is 6.92 Å². The molecule has 128 valence electrons. The number of rotatable bonds is 8. The summed E-state index contributed by atoms with van der Waals surface area (Å²) in [6.07, 6.45) is 0. The molecule has 5 heteroatoms. The van der Waals surface area contributed by atoms with Crippen LogP contribution in [0.1, 0.15) is 12.5 Å². The fourth-order valence-corrected chi connectivity index (χ4v) is 3.00. The molecule has 0 aliphatic carbocycles. The van der Waals surface area contributed by atoms with Crippen LogP contribution >= 0.6 is 11.8 Å². The maximum absolute atomic E-state index is 12.1. The van der Waals surface area contributed by atoms with Gasteiger partial charge in [-0.05, 0) is 49.7 Å². The largest absolute Gasteiger partial charge is 0.497 e. The minimum atomic E-state index is -0.170. The van der Waals surface area contributed by atoms with E-state index in [4.69, 9.17) is 9.47 Å². The second kappa shape index (κ2) is 9.23. The fraction of sp³-hybridized carbons (Fsp3) is 0.316. The molecule has 2 rings (SSSR count). The first kappa shape index (κ1) is 18.2. The van der Waals surface area contributed by atoms with Crippen molar-refractivity contribution in [3.8, 4) is 11.5 Å². The number of hydrogen-bond acceptors (Lipinski definition) is 4. The van der Waals surface area contributed by atoms with Crippen LogP contribution in [0.4, 0.5) is 0 Å². The van der Waals surface area contributed by atoms with Crippen LogP contribution in [0.2, 0.25) is 0 Å². The van der Waals surface area contributed by atoms with Gasteiger partial charge in [0, 0.05) is 4.90 Å². The first-order valence-corrected chi connectivity index (χ1v) is 8.75. The lowest BCUT2D eigenvalue weighted by molar-refractivity contribution is -0.120. The quantitative estimate of drug-likeness (QED) is 0.586. The molecule has 0 aliphatic heterocycles. The highest BCUT2D eigenvalue weighted by molar-refractivity contribution is 8.00. The second-order valence-electron chi connectivity index (χ2n) is 5.34. The van der Waals surface area contributed by atoms with E-state index in [1.807, 2.05) is 62.4 Å². The van der Waals surface area contributed by atoms with E-state index in [1.165, 1.54) is 11.8 Å². The Morgan fingerprint density at radius 1 is 1.17 bits per heavy atom. The fourth-order valence-electron chi connectivity index (χ4n) is 2.11. The zero-order valence-corrected chi connectivity index (χ0v) is 15.1. The Hall–Kier alpha value is -2.14. The van der Waals surface area contributed by atoms with E-state index in [9.17, 15) is 4.79 Å². The number of methoxy groups -OCH3 is 1. The van der Waals surface area contributed by atoms with Crippen molar-refractivity contribution < 1.29 is 14.3 Å². The van der Waals surface area contributed by atoms with Crippen molar-refractivity contribution in [3.63, 3.8) is 0 Å². The van der Waals surface area contributed by atoms with E-state index in [2.05, 4.69) is 5.32 Å². The molecule has 2 aromatic carbocycles. The van der Waals surface area contributed by atoms with Gasteiger partial charge in [-0.2, -0.15) is 0 Å². The predicted molar refractivity (Wildman–Crippen MR) is 98.0 cm³/mol. The van der Waals surface area contributed by atoms with Crippen LogP contribution in [0.3, 0.4) is 0 Å². The Kier molecular flexibility index (Phi) is 7.00. The number of hydrogen-bond donors (Lipinski definition) is 1. The number of para-hydroxylation sites is 1. The summed E-state index contributed by atoms with van der Waals surface area (Å²) in [5, 5.41) is 2.74. The highest BCUT2D eigenvalue weighted by Crippen LogP contribution is 2.25. The molecule has 0 radical (unpaired) electrons. The third-order valence-electron chi connectivity index (χ3n) is 3.49. The zero-order chi connectivity index (χ0) is 17.4. The molecular formula is C19H23NO3S. The van der Waals surface area contributed by atoms with E-state index in [-0.39, 0.29) is 11.2 Å². The molecule has 0 bridgehead atoms. The molecule has 1 amide bonds. The maximum atomic E-state index is 12.1. The van der Waals surface area contributed by atoms with Gasteiger partial charge in [0.05, 0.1) is 18.9 Å². The molecule has 24 heavy (non-hydrogen) atoms. The number of aryl methyl sites for hydroxylation is 1. The van der Waals surface area contributed by atoms with Crippen LogP contribution in [-0.4, -0.2) is 31.4 Å². The number of benzene rings is 2. The van der Waals surface area contributed by atoms with Crippen LogP contribution in [0.5, 0.6) is 11.5 Å². The summed E-state index contributed by atoms with van der Waals surface area (Å²) in [6, 6.07) is 15.5. The Morgan fingerprint density at radius 2 is 1.88 bits per heavy atom. The molecule has 0 heterocycles. The van der Waals surface area contributed by atoms with Gasteiger partial charge < -0.3 is 14.8 Å². The third-order valence-corrected chi connectivity index (χ3v) is 4.61. The van der Waals surface area contributed by atoms with Gasteiger partial charge in [0.1, 0.15) is 18.1 Å². The van der Waals surface area contributed by atoms with Crippen LogP contribution in [0.25, 0.3) is 0 Å². The van der Waals surface area contributed by atoms with Gasteiger partial charge in [0.15, 0.2) is 0 Å². The Bertz CT molecular complexity index is 658. The van der Waals surface area contributed by atoms with Crippen molar-refractivity contribution in [1.82, 2.24) is 5.32 Å². The summed E-state index contributed by atoms with van der Waals surface area (Å²) >= 11 is 1.52. The third kappa shape index (κ3) is 5.49. The monoisotopic (exact) mass is 345 g/mol. The summed E-state index contributed by atoms with van der Waals surface area (Å²) in [4.78, 5) is 13.2. The molecule has 0 aromatic heterocycles. The summed E-state index contributed by atoms with van der Waals surface area (Å²) in [7, 11) is 1.64. The summed E-state index contributed by atoms with van der Waals surface area (Å²) in [5.41, 5.74) is 1.09. The smallest absolute Gasteiger partial charge is 0.233 e. The Labute approximate surface area is 147 Å². The highest BCUT2D eigenvalue weighted by Gasteiger charge is 2.13. The van der Waals surface area contributed by atoms with E-state index < -0.39 is 0 Å². The SMILES string of the molecule is COc1ccc(S[C@H](C)C(=O)NCCOc2ccccc2C)cc1. The minimum Gasteiger partial charge on any atom is -0.497 e. The van der Waals surface area contributed by atoms with Crippen molar-refractivity contribution in [3.05, 3.63) is 54.1 Å². The van der Waals surface area contributed by atoms with Gasteiger partial charge >= 0.3 is 0 Å². The van der Waals surface area contributed by atoms with Gasteiger partial charge in [0.25, 0.3) is 0 Å². The molecular weight excluding hydrogens is 322 g/mol. The van der Waals surface area contributed by atoms with Gasteiger partial charge in [-0.3, -0.25) is 4.79 Å². The van der Waals surface area contributed by atoms with Crippen LogP contribution in [-0.2, 0) is 4.79 Å². The van der Waals surface area contributed by atoms with Crippen molar-refractivity contribution in [1.29, 1.82) is 0 Å². The zero-order valence-electron chi connectivity index (χ0n) is 14.2. The molecule has 1 atom stereocenters. The average Bonchev–Trinajstić information content (AvgIpc) is 2.60. The molecule has 0 fully saturated rings. The molecule has 0 spiro atoms. The first-order valence-electron chi connectivity index (χ1n) is 7.87. The van der Waals surface area contributed by atoms with E-state index in [0.717, 1.165) is 22.0 Å². The van der Waals surface area contributed by atoms with Crippen LogP contribution in [0.15, 0.2) is 53.4 Å². The number of carbonyl (C=O) groups is 1. The van der Waals surface area contributed by atoms with Gasteiger partial charge in [-0.1, -0.05) is 18.2 Å². The number of ether oxygens (including phenoxy) is 2. The van der Waals surface area contributed by atoms with Crippen molar-refractivity contribution in [2.24, 2.45) is 0 Å². The lowest BCUT2D eigenvalue weighted by Gasteiger charge is -2.13. The standard InChI is InChI=1S/C19H23NO3S/c1-14-6-4-5-7-18(14)23-13-12-20-19(21)15(2)24-17-10-8-16(22-3)9-11-17/h4-11,15H,12-13H2,1-3H3,(H,20,21)/t15-/m1/s1. The minimum absolute atomic E-state index is 0.00389. The summed E-state index contributed by atoms with van der Waals surface area (Å²) in [5.74, 6) is 1.67. The number of thioether (sulfide) groups is 1. The molecule has 1 N–H and O–H groups in total. The Morgan fingerprint density at radius 3 is 2.54 bits per heavy atom. The molecule has 0 unspecified atom stereocenters. The second-order valence-corrected chi connectivity index (χ2v) is 6.75. The van der Waals surface area contributed by atoms with Crippen molar-refractivity contribution in [2.75, 3.05) is 20.3 Å². The molecule has 2 aromatic rings. The Balaban J connectivity index is 1.72. The van der Waals surface area contributed by atoms with Crippen LogP contribution < -0.4 is 14.8 Å². The van der Waals surface area contributed by atoms with Gasteiger partial charge in [-0.25, -0.2) is 0 Å². The average molecular weight is 345 g/mol. The number of nitrogens with one attached hydrogen (secondary N) is 1. The van der Waals surface area contributed by atoms with E-state index in [0.29, 0.717) is 13.2 Å². The lowest BCUT2D eigenvalue weighted by atomic mass is 10.2. The highest BCUT2D eigenvalue weighted by atomic mass is 32.2. The first-order chi connectivity index (χ1) is 11.6.